The van der Waals surface area contributed by atoms with Gasteiger partial charge in [0.2, 0.25) is 0 Å². The van der Waals surface area contributed by atoms with Crippen LogP contribution in [-0.2, 0) is 4.74 Å². The summed E-state index contributed by atoms with van der Waals surface area (Å²) in [5.74, 6) is 0.224. The lowest BCUT2D eigenvalue weighted by molar-refractivity contribution is 0.0615. The highest BCUT2D eigenvalue weighted by Crippen LogP contribution is 2.10. The summed E-state index contributed by atoms with van der Waals surface area (Å²) in [6, 6.07) is 8.95. The van der Waals surface area contributed by atoms with Crippen LogP contribution in [-0.4, -0.2) is 5.97 Å². The van der Waals surface area contributed by atoms with E-state index in [0.717, 1.165) is 19.3 Å². The maximum absolute atomic E-state index is 11.5. The summed E-state index contributed by atoms with van der Waals surface area (Å²) < 4.78 is 5.11. The van der Waals surface area contributed by atoms with Gasteiger partial charge < -0.3 is 4.74 Å². The van der Waals surface area contributed by atoms with Gasteiger partial charge in [-0.15, -0.1) is 0 Å². The van der Waals surface area contributed by atoms with E-state index in [1.165, 1.54) is 0 Å². The lowest BCUT2D eigenvalue weighted by Gasteiger charge is -2.06. The first-order valence-corrected chi connectivity index (χ1v) is 5.19. The first-order valence-electron chi connectivity index (χ1n) is 5.19. The van der Waals surface area contributed by atoms with Gasteiger partial charge in [-0.3, -0.25) is 0 Å². The summed E-state index contributed by atoms with van der Waals surface area (Å²) in [6.45, 7) is 5.80. The fourth-order valence-corrected chi connectivity index (χ4v) is 1.19. The van der Waals surface area contributed by atoms with E-state index in [-0.39, 0.29) is 5.97 Å². The maximum atomic E-state index is 11.5. The van der Waals surface area contributed by atoms with E-state index in [2.05, 4.69) is 13.5 Å². The largest absolute Gasteiger partial charge is 0.428 e. The molecule has 0 heterocycles. The number of hydrogen-bond donors (Lipinski definition) is 0. The van der Waals surface area contributed by atoms with Crippen molar-refractivity contribution in [3.8, 4) is 0 Å². The fourth-order valence-electron chi connectivity index (χ4n) is 1.19. The molecule has 0 unspecified atom stereocenters. The van der Waals surface area contributed by atoms with Crippen molar-refractivity contribution in [2.75, 3.05) is 0 Å². The van der Waals surface area contributed by atoms with E-state index in [4.69, 9.17) is 4.74 Å². The minimum absolute atomic E-state index is 0.322. The Morgan fingerprint density at radius 3 is 2.60 bits per heavy atom. The number of carbonyl (C=O) groups excluding carboxylic acids is 1. The smallest absolute Gasteiger partial charge is 0.343 e. The van der Waals surface area contributed by atoms with Crippen LogP contribution in [0.4, 0.5) is 0 Å². The zero-order valence-corrected chi connectivity index (χ0v) is 9.03. The Bertz CT molecular complexity index is 328. The summed E-state index contributed by atoms with van der Waals surface area (Å²) in [6.07, 6.45) is 2.82. The molecule has 0 aliphatic rings. The van der Waals surface area contributed by atoms with Crippen LogP contribution >= 0.6 is 0 Å². The molecule has 1 rings (SSSR count). The van der Waals surface area contributed by atoms with Gasteiger partial charge in [-0.2, -0.15) is 0 Å². The third-order valence-electron chi connectivity index (χ3n) is 2.06. The molecule has 0 aliphatic carbocycles. The lowest BCUT2D eigenvalue weighted by Crippen LogP contribution is -2.04. The van der Waals surface area contributed by atoms with E-state index < -0.39 is 0 Å². The van der Waals surface area contributed by atoms with E-state index in [0.29, 0.717) is 11.3 Å². The molecule has 0 saturated heterocycles. The van der Waals surface area contributed by atoms with Gasteiger partial charge in [-0.05, 0) is 18.6 Å². The average Bonchev–Trinajstić information content (AvgIpc) is 2.27. The molecule has 2 heteroatoms. The zero-order valence-electron chi connectivity index (χ0n) is 9.03. The monoisotopic (exact) mass is 204 g/mol. The fraction of sp³-hybridized carbons (Fsp3) is 0.308. The molecule has 0 radical (unpaired) electrons. The molecule has 0 aromatic heterocycles. The average molecular weight is 204 g/mol. The van der Waals surface area contributed by atoms with Gasteiger partial charge in [0.25, 0.3) is 0 Å². The summed E-state index contributed by atoms with van der Waals surface area (Å²) >= 11 is 0. The Balaban J connectivity index is 2.46. The van der Waals surface area contributed by atoms with Crippen molar-refractivity contribution in [3.05, 3.63) is 48.2 Å². The second-order valence-corrected chi connectivity index (χ2v) is 3.40. The van der Waals surface area contributed by atoms with Crippen LogP contribution in [0.25, 0.3) is 0 Å². The summed E-state index contributed by atoms with van der Waals surface area (Å²) in [5.41, 5.74) is 0.565. The number of benzene rings is 1. The number of hydrogen-bond acceptors (Lipinski definition) is 2. The van der Waals surface area contributed by atoms with Crippen molar-refractivity contribution >= 4 is 5.97 Å². The molecule has 80 valence electrons. The van der Waals surface area contributed by atoms with Crippen molar-refractivity contribution in [1.29, 1.82) is 0 Å². The van der Waals surface area contributed by atoms with E-state index >= 15 is 0 Å². The molecule has 0 saturated carbocycles. The molecular formula is C13H16O2. The number of ether oxygens (including phenoxy) is 1. The van der Waals surface area contributed by atoms with Crippen LogP contribution in [0.2, 0.25) is 0 Å². The van der Waals surface area contributed by atoms with Crippen molar-refractivity contribution in [2.24, 2.45) is 0 Å². The Labute approximate surface area is 90.6 Å². The van der Waals surface area contributed by atoms with Crippen LogP contribution in [0.5, 0.6) is 0 Å². The predicted molar refractivity (Wildman–Crippen MR) is 60.5 cm³/mol. The third-order valence-corrected chi connectivity index (χ3v) is 2.06. The normalized spacial score (nSPS) is 9.67. The molecule has 1 aromatic rings. The van der Waals surface area contributed by atoms with E-state index in [9.17, 15) is 4.79 Å². The quantitative estimate of drug-likeness (QED) is 0.541. The molecule has 0 fully saturated rings. The van der Waals surface area contributed by atoms with E-state index in [1.807, 2.05) is 18.2 Å². The van der Waals surface area contributed by atoms with Gasteiger partial charge in [-0.1, -0.05) is 38.1 Å². The van der Waals surface area contributed by atoms with Gasteiger partial charge in [0.05, 0.1) is 5.56 Å². The van der Waals surface area contributed by atoms with Gasteiger partial charge in [0, 0.05) is 6.42 Å². The predicted octanol–water partition coefficient (Wildman–Crippen LogP) is 3.55. The molecule has 0 aliphatic heterocycles. The number of unbranched alkanes of at least 4 members (excludes halogenated alkanes) is 1. The highest BCUT2D eigenvalue weighted by atomic mass is 16.5. The van der Waals surface area contributed by atoms with Crippen molar-refractivity contribution in [2.45, 2.75) is 26.2 Å². The standard InChI is InChI=1S/C13H16O2/c1-3-4-8-11(2)15-13(14)12-9-6-5-7-10-12/h5-7,9-10H,2-4,8H2,1H3. The molecule has 2 nitrogen and oxygen atoms in total. The second kappa shape index (κ2) is 6.02. The van der Waals surface area contributed by atoms with Gasteiger partial charge in [-0.25, -0.2) is 4.79 Å². The van der Waals surface area contributed by atoms with Crippen molar-refractivity contribution in [1.82, 2.24) is 0 Å². The highest BCUT2D eigenvalue weighted by molar-refractivity contribution is 5.89. The zero-order chi connectivity index (χ0) is 11.1. The topological polar surface area (TPSA) is 26.3 Å². The molecule has 15 heavy (non-hydrogen) atoms. The molecular weight excluding hydrogens is 188 g/mol. The molecule has 1 aromatic carbocycles. The number of rotatable bonds is 5. The maximum Gasteiger partial charge on any atom is 0.343 e. The Kier molecular flexibility index (Phi) is 4.61. The second-order valence-electron chi connectivity index (χ2n) is 3.40. The Morgan fingerprint density at radius 2 is 2.00 bits per heavy atom. The van der Waals surface area contributed by atoms with Gasteiger partial charge >= 0.3 is 5.97 Å². The Morgan fingerprint density at radius 1 is 1.33 bits per heavy atom. The Hall–Kier alpha value is -1.57. The number of allylic oxidation sites excluding steroid dienone is 1. The van der Waals surface area contributed by atoms with Crippen LogP contribution in [0, 0.1) is 0 Å². The SMILES string of the molecule is C=C(CCCC)OC(=O)c1ccccc1. The molecule has 0 bridgehead atoms. The van der Waals surface area contributed by atoms with Crippen LogP contribution in [0.1, 0.15) is 36.5 Å². The minimum Gasteiger partial charge on any atom is -0.428 e. The first kappa shape index (κ1) is 11.5. The third kappa shape index (κ3) is 3.98. The minimum atomic E-state index is -0.322. The molecule has 0 spiro atoms. The highest BCUT2D eigenvalue weighted by Gasteiger charge is 2.07. The summed E-state index contributed by atoms with van der Waals surface area (Å²) in [7, 11) is 0. The van der Waals surface area contributed by atoms with E-state index in [1.54, 1.807) is 12.1 Å². The molecule has 0 amide bonds. The number of esters is 1. The van der Waals surface area contributed by atoms with Crippen LogP contribution < -0.4 is 0 Å². The van der Waals surface area contributed by atoms with Crippen LogP contribution in [0.15, 0.2) is 42.7 Å². The van der Waals surface area contributed by atoms with Crippen molar-refractivity contribution in [3.63, 3.8) is 0 Å². The van der Waals surface area contributed by atoms with Crippen LogP contribution in [0.3, 0.4) is 0 Å². The van der Waals surface area contributed by atoms with Crippen molar-refractivity contribution < 1.29 is 9.53 Å². The summed E-state index contributed by atoms with van der Waals surface area (Å²) in [4.78, 5) is 11.5. The lowest BCUT2D eigenvalue weighted by atomic mass is 10.2. The molecule has 0 atom stereocenters. The molecule has 0 N–H and O–H groups in total. The number of carbonyl (C=O) groups is 1. The van der Waals surface area contributed by atoms with Gasteiger partial charge in [0.15, 0.2) is 0 Å². The summed E-state index contributed by atoms with van der Waals surface area (Å²) in [5, 5.41) is 0. The van der Waals surface area contributed by atoms with Gasteiger partial charge in [0.1, 0.15) is 5.76 Å². The first-order chi connectivity index (χ1) is 7.24.